The lowest BCUT2D eigenvalue weighted by molar-refractivity contribution is -0.288. The normalized spacial score (nSPS) is 22.4. The van der Waals surface area contributed by atoms with Gasteiger partial charge in [-0.3, -0.25) is 24.0 Å². The molecule has 1 aliphatic heterocycles. The fraction of sp³-hybridized carbons (Fsp3) is 0.480. The highest BCUT2D eigenvalue weighted by Crippen LogP contribution is 2.41. The highest BCUT2D eigenvalue weighted by Gasteiger charge is 2.53. The van der Waals surface area contributed by atoms with Crippen molar-refractivity contribution in [1.82, 2.24) is 0 Å². The van der Waals surface area contributed by atoms with Gasteiger partial charge in [-0.15, -0.1) is 0 Å². The molecule has 0 radical (unpaired) electrons. The highest BCUT2D eigenvalue weighted by molar-refractivity contribution is 6.66. The molecule has 214 valence electrons. The van der Waals surface area contributed by atoms with Crippen molar-refractivity contribution in [3.63, 3.8) is 0 Å². The van der Waals surface area contributed by atoms with E-state index in [9.17, 15) is 24.0 Å². The maximum atomic E-state index is 12.0. The Labute approximate surface area is 229 Å². The molecular weight excluding hydrogens is 544 g/mol. The van der Waals surface area contributed by atoms with Gasteiger partial charge < -0.3 is 37.9 Å². The van der Waals surface area contributed by atoms with E-state index in [1.807, 2.05) is 0 Å². The third-order valence-corrected chi connectivity index (χ3v) is 5.20. The lowest BCUT2D eigenvalue weighted by atomic mass is 9.98. The molecule has 0 unspecified atom stereocenters. The molecule has 1 aromatic rings. The third-order valence-electron chi connectivity index (χ3n) is 5.07. The minimum atomic E-state index is -1.51. The van der Waals surface area contributed by atoms with Gasteiger partial charge in [-0.25, -0.2) is 0 Å². The summed E-state index contributed by atoms with van der Waals surface area (Å²) in [5, 5.41) is -0.703. The molecule has 2 rings (SSSR count). The molecule has 5 atom stereocenters. The number of rotatable bonds is 11. The molecule has 0 aromatic heterocycles. The monoisotopic (exact) mass is 572 g/mol. The van der Waals surface area contributed by atoms with Crippen LogP contribution in [0.1, 0.15) is 33.3 Å². The molecule has 0 amide bonds. The number of carbonyl (C=O) groups excluding carboxylic acids is 5. The molecular formula is C25H29ClO13. The van der Waals surface area contributed by atoms with E-state index in [2.05, 4.69) is 0 Å². The predicted molar refractivity (Wildman–Crippen MR) is 132 cm³/mol. The van der Waals surface area contributed by atoms with Crippen LogP contribution in [0.25, 0.3) is 6.08 Å². The fourth-order valence-corrected chi connectivity index (χ4v) is 3.74. The summed E-state index contributed by atoms with van der Waals surface area (Å²) < 4.78 is 44.0. The van der Waals surface area contributed by atoms with Crippen LogP contribution in [0, 0.1) is 0 Å². The molecule has 0 N–H and O–H groups in total. The molecule has 0 spiro atoms. The van der Waals surface area contributed by atoms with Crippen LogP contribution in [-0.4, -0.2) is 80.7 Å². The zero-order valence-electron chi connectivity index (χ0n) is 22.1. The Morgan fingerprint density at radius 2 is 1.33 bits per heavy atom. The summed E-state index contributed by atoms with van der Waals surface area (Å²) >= 11 is 5.38. The molecule has 14 heteroatoms. The number of esters is 4. The van der Waals surface area contributed by atoms with Crippen LogP contribution in [0.4, 0.5) is 0 Å². The van der Waals surface area contributed by atoms with Gasteiger partial charge in [-0.2, -0.15) is 0 Å². The van der Waals surface area contributed by atoms with Gasteiger partial charge >= 0.3 is 23.9 Å². The van der Waals surface area contributed by atoms with Crippen LogP contribution in [0.2, 0.25) is 0 Å². The van der Waals surface area contributed by atoms with Crippen molar-refractivity contribution in [2.24, 2.45) is 0 Å². The van der Waals surface area contributed by atoms with E-state index >= 15 is 0 Å². The summed E-state index contributed by atoms with van der Waals surface area (Å²) in [6, 6.07) is 3.00. The lowest BCUT2D eigenvalue weighted by Crippen LogP contribution is -2.63. The molecule has 1 heterocycles. The average molecular weight is 573 g/mol. The Morgan fingerprint density at radius 3 is 1.79 bits per heavy atom. The Kier molecular flexibility index (Phi) is 11.5. The Balaban J connectivity index is 2.62. The number of ether oxygens (including phenoxy) is 8. The number of carbonyl (C=O) groups is 5. The first-order chi connectivity index (χ1) is 18.4. The van der Waals surface area contributed by atoms with Gasteiger partial charge in [-0.05, 0) is 41.4 Å². The van der Waals surface area contributed by atoms with E-state index in [0.717, 1.165) is 33.8 Å². The van der Waals surface area contributed by atoms with Gasteiger partial charge in [0.25, 0.3) is 0 Å². The molecule has 0 bridgehead atoms. The Hall–Kier alpha value is -3.84. The maximum Gasteiger partial charge on any atom is 0.303 e. The standard InChI is InChI=1S/C25H29ClO13/c1-12(27)34-11-19-22(35-13(2)28)23(36-14(3)29)24(37-15(4)30)25(38-19)39-21-17(32-5)9-16(7-8-20(26)31)10-18(21)33-6/h7-10,19,22-25H,11H2,1-6H3/b8-7+/t19-,22-,23+,24-,25+/m1/s1. The summed E-state index contributed by atoms with van der Waals surface area (Å²) in [7, 11) is 2.68. The van der Waals surface area contributed by atoms with E-state index in [-0.39, 0.29) is 17.2 Å². The second kappa shape index (κ2) is 14.4. The predicted octanol–water partition coefficient (Wildman–Crippen LogP) is 1.94. The van der Waals surface area contributed by atoms with Gasteiger partial charge in [0.2, 0.25) is 23.4 Å². The quantitative estimate of drug-likeness (QED) is 0.164. The van der Waals surface area contributed by atoms with Crippen molar-refractivity contribution in [2.45, 2.75) is 58.4 Å². The number of hydrogen-bond acceptors (Lipinski definition) is 13. The molecule has 0 saturated carbocycles. The van der Waals surface area contributed by atoms with Crippen molar-refractivity contribution in [2.75, 3.05) is 20.8 Å². The summed E-state index contributed by atoms with van der Waals surface area (Å²) in [5.41, 5.74) is 0.464. The van der Waals surface area contributed by atoms with Crippen molar-refractivity contribution < 1.29 is 61.9 Å². The number of methoxy groups -OCH3 is 2. The second-order valence-corrected chi connectivity index (χ2v) is 8.45. The summed E-state index contributed by atoms with van der Waals surface area (Å²) in [6.07, 6.45) is -4.43. The second-order valence-electron chi connectivity index (χ2n) is 8.08. The van der Waals surface area contributed by atoms with Gasteiger partial charge in [0, 0.05) is 27.7 Å². The van der Waals surface area contributed by atoms with E-state index < -0.39 is 66.4 Å². The van der Waals surface area contributed by atoms with Crippen molar-refractivity contribution in [1.29, 1.82) is 0 Å². The first-order valence-corrected chi connectivity index (χ1v) is 11.8. The Bertz CT molecular complexity index is 1090. The molecule has 1 aromatic carbocycles. The van der Waals surface area contributed by atoms with Gasteiger partial charge in [0.1, 0.15) is 12.7 Å². The van der Waals surface area contributed by atoms with Crippen molar-refractivity contribution in [3.8, 4) is 17.2 Å². The number of allylic oxidation sites excluding steroid dienone is 1. The molecule has 1 saturated heterocycles. The van der Waals surface area contributed by atoms with E-state index in [4.69, 9.17) is 49.5 Å². The zero-order valence-corrected chi connectivity index (χ0v) is 22.8. The van der Waals surface area contributed by atoms with Crippen LogP contribution in [0.15, 0.2) is 18.2 Å². The third kappa shape index (κ3) is 9.14. The zero-order chi connectivity index (χ0) is 29.3. The molecule has 13 nitrogen and oxygen atoms in total. The van der Waals surface area contributed by atoms with Crippen molar-refractivity contribution in [3.05, 3.63) is 23.8 Å². The van der Waals surface area contributed by atoms with Crippen LogP contribution >= 0.6 is 11.6 Å². The molecule has 0 aliphatic carbocycles. The van der Waals surface area contributed by atoms with Gasteiger partial charge in [0.15, 0.2) is 23.7 Å². The van der Waals surface area contributed by atoms with E-state index in [1.165, 1.54) is 32.4 Å². The van der Waals surface area contributed by atoms with Crippen LogP contribution in [0.5, 0.6) is 17.2 Å². The Morgan fingerprint density at radius 1 is 0.821 bits per heavy atom. The minimum Gasteiger partial charge on any atom is -0.493 e. The number of hydrogen-bond donors (Lipinski definition) is 0. The lowest BCUT2D eigenvalue weighted by Gasteiger charge is -2.44. The topological polar surface area (TPSA) is 159 Å². The van der Waals surface area contributed by atoms with E-state index in [0.29, 0.717) is 5.56 Å². The molecule has 1 fully saturated rings. The smallest absolute Gasteiger partial charge is 0.303 e. The van der Waals surface area contributed by atoms with Crippen LogP contribution < -0.4 is 14.2 Å². The summed E-state index contributed by atoms with van der Waals surface area (Å²) in [4.78, 5) is 58.6. The average Bonchev–Trinajstić information content (AvgIpc) is 2.84. The minimum absolute atomic E-state index is 0.0183. The first kappa shape index (κ1) is 31.4. The largest absolute Gasteiger partial charge is 0.493 e. The van der Waals surface area contributed by atoms with Crippen molar-refractivity contribution >= 4 is 46.8 Å². The van der Waals surface area contributed by atoms with Gasteiger partial charge in [-0.1, -0.05) is 0 Å². The summed E-state index contributed by atoms with van der Waals surface area (Å²) in [5.74, 6) is -2.80. The van der Waals surface area contributed by atoms with E-state index in [1.54, 1.807) is 0 Å². The SMILES string of the molecule is COc1cc(/C=C/C(=O)Cl)cc(OC)c1O[C@@H]1O[C@H](COC(C)=O)[C@@H](OC(C)=O)[C@H](OC(C)=O)[C@H]1OC(C)=O. The fourth-order valence-electron chi connectivity index (χ4n) is 3.67. The molecule has 1 aliphatic rings. The van der Waals surface area contributed by atoms with Crippen LogP contribution in [-0.2, 0) is 47.7 Å². The first-order valence-electron chi connectivity index (χ1n) is 11.5. The highest BCUT2D eigenvalue weighted by atomic mass is 35.5. The maximum absolute atomic E-state index is 12.0. The van der Waals surface area contributed by atoms with Gasteiger partial charge in [0.05, 0.1) is 14.2 Å². The number of benzene rings is 1. The number of halogens is 1. The summed E-state index contributed by atoms with van der Waals surface area (Å²) in [6.45, 7) is 4.05. The molecule has 39 heavy (non-hydrogen) atoms. The van der Waals surface area contributed by atoms with Crippen LogP contribution in [0.3, 0.4) is 0 Å².